The van der Waals surface area contributed by atoms with E-state index in [0.29, 0.717) is 16.5 Å². The molecule has 2 nitrogen and oxygen atoms in total. The van der Waals surface area contributed by atoms with Gasteiger partial charge in [0.25, 0.3) is 0 Å². The molecular weight excluding hydrogens is 196 g/mol. The lowest BCUT2D eigenvalue weighted by molar-refractivity contribution is -0.113. The van der Waals surface area contributed by atoms with Gasteiger partial charge in [0, 0.05) is 16.5 Å². The molecule has 0 aromatic rings. The molecule has 1 aliphatic rings. The minimum atomic E-state index is 0.0254. The van der Waals surface area contributed by atoms with Crippen LogP contribution < -0.4 is 0 Å². The molecule has 3 heteroatoms. The lowest BCUT2D eigenvalue weighted by atomic mass is 10.1. The molecular formula is C7H5BrO2. The second-order valence-electron chi connectivity index (χ2n) is 1.95. The first-order chi connectivity index (χ1) is 4.74. The molecule has 0 aliphatic heterocycles. The van der Waals surface area contributed by atoms with E-state index in [1.54, 1.807) is 0 Å². The van der Waals surface area contributed by atoms with Gasteiger partial charge in [-0.1, -0.05) is 15.9 Å². The highest BCUT2D eigenvalue weighted by Crippen LogP contribution is 2.20. The fourth-order valence-corrected chi connectivity index (χ4v) is 1.19. The van der Waals surface area contributed by atoms with Gasteiger partial charge in [-0.05, 0) is 12.2 Å². The summed E-state index contributed by atoms with van der Waals surface area (Å²) < 4.78 is 0.676. The predicted molar refractivity (Wildman–Crippen MR) is 40.8 cm³/mol. The number of carbonyl (C=O) groups is 2. The Morgan fingerprint density at radius 1 is 1.50 bits per heavy atom. The minimum Gasteiger partial charge on any atom is -0.298 e. The molecule has 10 heavy (non-hydrogen) atoms. The number of allylic oxidation sites excluding steroid dienone is 4. The third-order valence-electron chi connectivity index (χ3n) is 1.22. The van der Waals surface area contributed by atoms with Gasteiger partial charge in [0.15, 0.2) is 12.1 Å². The SMILES string of the molecule is O=CC1=C(Br)CC(=O)C=C1. The molecule has 0 heterocycles. The van der Waals surface area contributed by atoms with Crippen LogP contribution in [0.5, 0.6) is 0 Å². The van der Waals surface area contributed by atoms with E-state index in [-0.39, 0.29) is 5.78 Å². The van der Waals surface area contributed by atoms with Gasteiger partial charge in [0.1, 0.15) is 0 Å². The van der Waals surface area contributed by atoms with Crippen molar-refractivity contribution in [1.29, 1.82) is 0 Å². The Labute approximate surface area is 66.7 Å². The maximum atomic E-state index is 10.7. The Kier molecular flexibility index (Phi) is 2.17. The predicted octanol–water partition coefficient (Wildman–Crippen LogP) is 1.36. The summed E-state index contributed by atoms with van der Waals surface area (Å²) >= 11 is 3.13. The Morgan fingerprint density at radius 2 is 2.20 bits per heavy atom. The van der Waals surface area contributed by atoms with Crippen LogP contribution in [0.2, 0.25) is 0 Å². The summed E-state index contributed by atoms with van der Waals surface area (Å²) in [5.74, 6) is 0.0254. The van der Waals surface area contributed by atoms with E-state index in [4.69, 9.17) is 0 Å². The Balaban J connectivity index is 2.93. The summed E-state index contributed by atoms with van der Waals surface area (Å²) in [5.41, 5.74) is 0.555. The minimum absolute atomic E-state index is 0.0254. The molecule has 0 amide bonds. The summed E-state index contributed by atoms with van der Waals surface area (Å²) in [6.07, 6.45) is 3.97. The van der Waals surface area contributed by atoms with Crippen molar-refractivity contribution >= 4 is 28.0 Å². The molecule has 52 valence electrons. The van der Waals surface area contributed by atoms with E-state index >= 15 is 0 Å². The standard InChI is InChI=1S/C7H5BrO2/c8-7-3-6(10)2-1-5(7)4-9/h1-2,4H,3H2. The second kappa shape index (κ2) is 2.92. The van der Waals surface area contributed by atoms with Crippen molar-refractivity contribution in [2.75, 3.05) is 0 Å². The van der Waals surface area contributed by atoms with Crippen molar-refractivity contribution in [2.24, 2.45) is 0 Å². The van der Waals surface area contributed by atoms with Gasteiger partial charge in [-0.25, -0.2) is 0 Å². The van der Waals surface area contributed by atoms with Gasteiger partial charge in [-0.3, -0.25) is 9.59 Å². The smallest absolute Gasteiger partial charge is 0.160 e. The number of hydrogen-bond donors (Lipinski definition) is 0. The van der Waals surface area contributed by atoms with Crippen molar-refractivity contribution in [3.63, 3.8) is 0 Å². The fourth-order valence-electron chi connectivity index (χ4n) is 0.690. The maximum absolute atomic E-state index is 10.7. The molecule has 0 radical (unpaired) electrons. The Bertz CT molecular complexity index is 238. The van der Waals surface area contributed by atoms with Crippen molar-refractivity contribution in [3.8, 4) is 0 Å². The van der Waals surface area contributed by atoms with Gasteiger partial charge in [0.05, 0.1) is 0 Å². The molecule has 1 aliphatic carbocycles. The van der Waals surface area contributed by atoms with E-state index in [1.165, 1.54) is 12.2 Å². The van der Waals surface area contributed by atoms with Crippen LogP contribution in [-0.4, -0.2) is 12.1 Å². The number of hydrogen-bond acceptors (Lipinski definition) is 2. The van der Waals surface area contributed by atoms with Gasteiger partial charge in [0.2, 0.25) is 0 Å². The summed E-state index contributed by atoms with van der Waals surface area (Å²) in [5, 5.41) is 0. The van der Waals surface area contributed by atoms with E-state index in [2.05, 4.69) is 15.9 Å². The van der Waals surface area contributed by atoms with Crippen LogP contribution in [0.3, 0.4) is 0 Å². The summed E-state index contributed by atoms with van der Waals surface area (Å²) in [4.78, 5) is 20.9. The lowest BCUT2D eigenvalue weighted by Crippen LogP contribution is -2.00. The van der Waals surface area contributed by atoms with Crippen molar-refractivity contribution in [2.45, 2.75) is 6.42 Å². The third-order valence-corrected chi connectivity index (χ3v) is 1.96. The summed E-state index contributed by atoms with van der Waals surface area (Å²) in [7, 11) is 0. The highest BCUT2D eigenvalue weighted by atomic mass is 79.9. The molecule has 0 aromatic carbocycles. The zero-order valence-corrected chi connectivity index (χ0v) is 6.72. The van der Waals surface area contributed by atoms with Crippen LogP contribution in [0, 0.1) is 0 Å². The summed E-state index contributed by atoms with van der Waals surface area (Å²) in [6, 6.07) is 0. The van der Waals surface area contributed by atoms with Crippen LogP contribution in [-0.2, 0) is 9.59 Å². The molecule has 0 N–H and O–H groups in total. The molecule has 0 saturated carbocycles. The number of carbonyl (C=O) groups excluding carboxylic acids is 2. The first-order valence-electron chi connectivity index (χ1n) is 2.79. The number of rotatable bonds is 1. The highest BCUT2D eigenvalue weighted by Gasteiger charge is 2.09. The molecule has 0 spiro atoms. The van der Waals surface area contributed by atoms with E-state index in [0.717, 1.165) is 6.29 Å². The molecule has 0 saturated heterocycles. The van der Waals surface area contributed by atoms with Crippen LogP contribution in [0.4, 0.5) is 0 Å². The van der Waals surface area contributed by atoms with E-state index in [9.17, 15) is 9.59 Å². The Morgan fingerprint density at radius 3 is 2.70 bits per heavy atom. The topological polar surface area (TPSA) is 34.1 Å². The van der Waals surface area contributed by atoms with Crippen molar-refractivity contribution in [1.82, 2.24) is 0 Å². The normalized spacial score (nSPS) is 17.9. The molecule has 0 bridgehead atoms. The van der Waals surface area contributed by atoms with Crippen molar-refractivity contribution in [3.05, 3.63) is 22.2 Å². The molecule has 0 aromatic heterocycles. The average Bonchev–Trinajstić information content (AvgIpc) is 1.88. The van der Waals surface area contributed by atoms with Crippen LogP contribution in [0.1, 0.15) is 6.42 Å². The van der Waals surface area contributed by atoms with Gasteiger partial charge in [-0.15, -0.1) is 0 Å². The summed E-state index contributed by atoms with van der Waals surface area (Å²) in [6.45, 7) is 0. The lowest BCUT2D eigenvalue weighted by Gasteiger charge is -2.02. The van der Waals surface area contributed by atoms with E-state index < -0.39 is 0 Å². The fraction of sp³-hybridized carbons (Fsp3) is 0.143. The van der Waals surface area contributed by atoms with Crippen molar-refractivity contribution < 1.29 is 9.59 Å². The largest absolute Gasteiger partial charge is 0.298 e. The third kappa shape index (κ3) is 1.42. The Hall–Kier alpha value is -0.700. The van der Waals surface area contributed by atoms with Gasteiger partial charge in [-0.2, -0.15) is 0 Å². The van der Waals surface area contributed by atoms with Gasteiger partial charge < -0.3 is 0 Å². The molecule has 1 rings (SSSR count). The quantitative estimate of drug-likeness (QED) is 0.600. The second-order valence-corrected chi connectivity index (χ2v) is 2.91. The zero-order chi connectivity index (χ0) is 7.56. The maximum Gasteiger partial charge on any atom is 0.160 e. The monoisotopic (exact) mass is 200 g/mol. The van der Waals surface area contributed by atoms with Gasteiger partial charge >= 0.3 is 0 Å². The molecule has 0 unspecified atom stereocenters. The molecule has 0 atom stereocenters. The van der Waals surface area contributed by atoms with Crippen LogP contribution in [0.25, 0.3) is 0 Å². The zero-order valence-electron chi connectivity index (χ0n) is 5.13. The average molecular weight is 201 g/mol. The first-order valence-corrected chi connectivity index (χ1v) is 3.58. The highest BCUT2D eigenvalue weighted by molar-refractivity contribution is 9.11. The first kappa shape index (κ1) is 7.41. The van der Waals surface area contributed by atoms with Crippen LogP contribution >= 0.6 is 15.9 Å². The number of halogens is 1. The number of aldehydes is 1. The molecule has 0 fully saturated rings. The van der Waals surface area contributed by atoms with E-state index in [1.807, 2.05) is 0 Å². The van der Waals surface area contributed by atoms with Crippen LogP contribution in [0.15, 0.2) is 22.2 Å². The number of ketones is 1.